The number of pyridine rings is 1. The lowest BCUT2D eigenvalue weighted by atomic mass is 10.3. The molecule has 2 N–H and O–H groups in total. The second-order valence-corrected chi connectivity index (χ2v) is 6.00. The fraction of sp³-hybridized carbons (Fsp3) is 0.350. The van der Waals surface area contributed by atoms with Crippen molar-refractivity contribution in [2.75, 3.05) is 26.2 Å². The van der Waals surface area contributed by atoms with Gasteiger partial charge in [0.15, 0.2) is 11.6 Å². The summed E-state index contributed by atoms with van der Waals surface area (Å²) in [5.74, 6) is 2.65. The van der Waals surface area contributed by atoms with Crippen LogP contribution in [0.2, 0.25) is 0 Å². The topological polar surface area (TPSA) is 75.8 Å². The van der Waals surface area contributed by atoms with E-state index in [9.17, 15) is 0 Å². The molecule has 0 unspecified atom stereocenters. The van der Waals surface area contributed by atoms with E-state index in [4.69, 9.17) is 4.74 Å². The number of guanidine groups is 1. The first-order chi connectivity index (χ1) is 13.4. The summed E-state index contributed by atoms with van der Waals surface area (Å²) in [6.45, 7) is 4.87. The van der Waals surface area contributed by atoms with E-state index in [1.54, 1.807) is 0 Å². The Morgan fingerprint density at radius 2 is 1.93 bits per heavy atom. The van der Waals surface area contributed by atoms with Crippen LogP contribution in [0.25, 0.3) is 5.65 Å². The van der Waals surface area contributed by atoms with Gasteiger partial charge < -0.3 is 15.4 Å². The molecule has 7 heteroatoms. The minimum atomic E-state index is 0.583. The largest absolute Gasteiger partial charge is 0.492 e. The van der Waals surface area contributed by atoms with Crippen LogP contribution in [0.15, 0.2) is 59.7 Å². The Morgan fingerprint density at radius 1 is 1.07 bits per heavy atom. The summed E-state index contributed by atoms with van der Waals surface area (Å²) in [5, 5.41) is 15.0. The second kappa shape index (κ2) is 10.2. The van der Waals surface area contributed by atoms with Gasteiger partial charge in [0.25, 0.3) is 0 Å². The van der Waals surface area contributed by atoms with Crippen LogP contribution in [0.4, 0.5) is 0 Å². The number of benzene rings is 1. The predicted octanol–water partition coefficient (Wildman–Crippen LogP) is 2.30. The fourth-order valence-corrected chi connectivity index (χ4v) is 2.69. The Morgan fingerprint density at radius 3 is 2.78 bits per heavy atom. The zero-order valence-corrected chi connectivity index (χ0v) is 15.6. The lowest BCUT2D eigenvalue weighted by molar-refractivity contribution is 0.322. The van der Waals surface area contributed by atoms with E-state index < -0.39 is 0 Å². The van der Waals surface area contributed by atoms with E-state index in [1.165, 1.54) is 0 Å². The first-order valence-electron chi connectivity index (χ1n) is 9.35. The first kappa shape index (κ1) is 18.7. The molecular formula is C20H26N6O. The van der Waals surface area contributed by atoms with Crippen molar-refractivity contribution in [1.82, 2.24) is 25.2 Å². The zero-order chi connectivity index (χ0) is 18.7. The van der Waals surface area contributed by atoms with E-state index >= 15 is 0 Å². The highest BCUT2D eigenvalue weighted by molar-refractivity contribution is 5.79. The number of hydrogen-bond donors (Lipinski definition) is 2. The Hall–Kier alpha value is -3.09. The van der Waals surface area contributed by atoms with Crippen LogP contribution < -0.4 is 15.4 Å². The summed E-state index contributed by atoms with van der Waals surface area (Å²) in [5.41, 5.74) is 0.879. The molecule has 0 aliphatic heterocycles. The summed E-state index contributed by atoms with van der Waals surface area (Å²) < 4.78 is 7.71. The van der Waals surface area contributed by atoms with Gasteiger partial charge in [-0.15, -0.1) is 10.2 Å². The first-order valence-corrected chi connectivity index (χ1v) is 9.35. The quantitative estimate of drug-likeness (QED) is 0.345. The number of fused-ring (bicyclic) bond motifs is 1. The van der Waals surface area contributed by atoms with Crippen molar-refractivity contribution in [1.29, 1.82) is 0 Å². The normalized spacial score (nSPS) is 11.5. The summed E-state index contributed by atoms with van der Waals surface area (Å²) >= 11 is 0. The average Bonchev–Trinajstić information content (AvgIpc) is 3.12. The molecule has 7 nitrogen and oxygen atoms in total. The summed E-state index contributed by atoms with van der Waals surface area (Å²) in [7, 11) is 0. The van der Waals surface area contributed by atoms with E-state index in [0.717, 1.165) is 49.1 Å². The van der Waals surface area contributed by atoms with Crippen molar-refractivity contribution in [3.63, 3.8) is 0 Å². The van der Waals surface area contributed by atoms with Crippen molar-refractivity contribution < 1.29 is 4.74 Å². The van der Waals surface area contributed by atoms with Crippen molar-refractivity contribution in [2.45, 2.75) is 19.8 Å². The number of ether oxygens (including phenoxy) is 1. The van der Waals surface area contributed by atoms with Crippen LogP contribution in [0.1, 0.15) is 19.2 Å². The molecule has 0 fully saturated rings. The molecule has 3 aromatic rings. The molecule has 0 radical (unpaired) electrons. The lowest BCUT2D eigenvalue weighted by Crippen LogP contribution is -2.39. The summed E-state index contributed by atoms with van der Waals surface area (Å²) in [6.07, 6.45) is 3.74. The monoisotopic (exact) mass is 366 g/mol. The van der Waals surface area contributed by atoms with Gasteiger partial charge in [-0.25, -0.2) is 0 Å². The predicted molar refractivity (Wildman–Crippen MR) is 107 cm³/mol. The molecule has 1 aromatic carbocycles. The highest BCUT2D eigenvalue weighted by Crippen LogP contribution is 2.07. The Labute approximate surface area is 159 Å². The maximum Gasteiger partial charge on any atom is 0.191 e. The molecule has 0 spiro atoms. The molecule has 0 saturated carbocycles. The van der Waals surface area contributed by atoms with Gasteiger partial charge in [-0.2, -0.15) is 0 Å². The average molecular weight is 366 g/mol. The maximum absolute atomic E-state index is 5.69. The minimum absolute atomic E-state index is 0.583. The number of rotatable bonds is 9. The lowest BCUT2D eigenvalue weighted by Gasteiger charge is -2.12. The molecule has 142 valence electrons. The third-order valence-electron chi connectivity index (χ3n) is 3.96. The molecule has 0 atom stereocenters. The molecule has 3 rings (SSSR count). The number of aryl methyl sites for hydroxylation is 1. The van der Waals surface area contributed by atoms with Crippen molar-refractivity contribution >= 4 is 11.6 Å². The minimum Gasteiger partial charge on any atom is -0.492 e. The Balaban J connectivity index is 1.41. The van der Waals surface area contributed by atoms with Gasteiger partial charge in [-0.05, 0) is 37.6 Å². The molecular weight excluding hydrogens is 340 g/mol. The fourth-order valence-electron chi connectivity index (χ4n) is 2.69. The van der Waals surface area contributed by atoms with Crippen molar-refractivity contribution in [3.8, 4) is 5.75 Å². The second-order valence-electron chi connectivity index (χ2n) is 6.00. The smallest absolute Gasteiger partial charge is 0.191 e. The molecule has 0 aliphatic carbocycles. The van der Waals surface area contributed by atoms with Gasteiger partial charge in [0.2, 0.25) is 0 Å². The Kier molecular flexibility index (Phi) is 7.03. The zero-order valence-electron chi connectivity index (χ0n) is 15.6. The third kappa shape index (κ3) is 5.70. The molecule has 2 aromatic heterocycles. The van der Waals surface area contributed by atoms with Crippen LogP contribution >= 0.6 is 0 Å². The van der Waals surface area contributed by atoms with E-state index in [1.807, 2.05) is 59.1 Å². The standard InChI is InChI=1S/C20H26N6O/c1-2-21-20(23-14-16-27-17-9-4-3-5-10-17)22-13-8-12-19-25-24-18-11-6-7-15-26(18)19/h3-7,9-11,15H,2,8,12-14,16H2,1H3,(H2,21,22,23). The van der Waals surface area contributed by atoms with Gasteiger partial charge in [0.1, 0.15) is 18.2 Å². The summed E-state index contributed by atoms with van der Waals surface area (Å²) in [6, 6.07) is 15.7. The van der Waals surface area contributed by atoms with Crippen LogP contribution in [-0.4, -0.2) is 46.8 Å². The van der Waals surface area contributed by atoms with Gasteiger partial charge in [0.05, 0.1) is 6.54 Å². The van der Waals surface area contributed by atoms with Crippen molar-refractivity contribution in [3.05, 3.63) is 60.6 Å². The number of hydrogen-bond acceptors (Lipinski definition) is 4. The van der Waals surface area contributed by atoms with Crippen LogP contribution in [0.3, 0.4) is 0 Å². The molecule has 0 aliphatic rings. The SMILES string of the molecule is CCNC(=NCCCc1nnc2ccccn12)NCCOc1ccccc1. The number of aliphatic imine (C=N–C) groups is 1. The van der Waals surface area contributed by atoms with Gasteiger partial charge >= 0.3 is 0 Å². The molecule has 0 bridgehead atoms. The van der Waals surface area contributed by atoms with Crippen LogP contribution in [0.5, 0.6) is 5.75 Å². The highest BCUT2D eigenvalue weighted by atomic mass is 16.5. The number of nitrogens with one attached hydrogen (secondary N) is 2. The number of nitrogens with zero attached hydrogens (tertiary/aromatic N) is 4. The van der Waals surface area contributed by atoms with Crippen molar-refractivity contribution in [2.24, 2.45) is 4.99 Å². The molecule has 0 saturated heterocycles. The van der Waals surface area contributed by atoms with Gasteiger partial charge in [-0.3, -0.25) is 9.39 Å². The highest BCUT2D eigenvalue weighted by Gasteiger charge is 2.04. The number of aromatic nitrogens is 3. The Bertz CT molecular complexity index is 846. The van der Waals surface area contributed by atoms with Crippen LogP contribution in [-0.2, 0) is 6.42 Å². The van der Waals surface area contributed by atoms with E-state index in [2.05, 4.69) is 32.7 Å². The molecule has 27 heavy (non-hydrogen) atoms. The van der Waals surface area contributed by atoms with Gasteiger partial charge in [-0.1, -0.05) is 24.3 Å². The van der Waals surface area contributed by atoms with E-state index in [-0.39, 0.29) is 0 Å². The van der Waals surface area contributed by atoms with Crippen LogP contribution in [0, 0.1) is 0 Å². The number of para-hydroxylation sites is 1. The third-order valence-corrected chi connectivity index (χ3v) is 3.96. The van der Waals surface area contributed by atoms with Gasteiger partial charge in [0, 0.05) is 25.7 Å². The molecule has 2 heterocycles. The maximum atomic E-state index is 5.69. The van der Waals surface area contributed by atoms with E-state index in [0.29, 0.717) is 13.2 Å². The summed E-state index contributed by atoms with van der Waals surface area (Å²) in [4.78, 5) is 4.62. The molecule has 0 amide bonds.